The number of aromatic nitrogens is 3. The Morgan fingerprint density at radius 2 is 1.64 bits per heavy atom. The Morgan fingerprint density at radius 1 is 0.889 bits per heavy atom. The van der Waals surface area contributed by atoms with Crippen molar-refractivity contribution in [3.63, 3.8) is 0 Å². The fourth-order valence-electron chi connectivity index (χ4n) is 4.84. The molecule has 36 heavy (non-hydrogen) atoms. The highest BCUT2D eigenvalue weighted by Gasteiger charge is 2.23. The van der Waals surface area contributed by atoms with Gasteiger partial charge in [0.2, 0.25) is 0 Å². The van der Waals surface area contributed by atoms with Crippen LogP contribution in [0.4, 0.5) is 17.2 Å². The first kappa shape index (κ1) is 22.4. The second-order valence-corrected chi connectivity index (χ2v) is 9.18. The summed E-state index contributed by atoms with van der Waals surface area (Å²) in [6.07, 6.45) is 6.93. The lowest BCUT2D eigenvalue weighted by atomic mass is 10.0. The second-order valence-electron chi connectivity index (χ2n) is 9.18. The highest BCUT2D eigenvalue weighted by atomic mass is 16.5. The number of hydrogen-bond donors (Lipinski definition) is 1. The largest absolute Gasteiger partial charge is 0.368 e. The van der Waals surface area contributed by atoms with Crippen LogP contribution >= 0.6 is 0 Å². The number of rotatable bonds is 5. The number of benzene rings is 2. The van der Waals surface area contributed by atoms with Crippen LogP contribution in [0.3, 0.4) is 0 Å². The monoisotopic (exact) mass is 480 g/mol. The van der Waals surface area contributed by atoms with Gasteiger partial charge in [-0.15, -0.1) is 0 Å². The van der Waals surface area contributed by atoms with E-state index in [4.69, 9.17) is 9.72 Å². The SMILES string of the molecule is O=C(Nc1ccc(-c2ccc3ncc(N4CCN(c5ccncc5)CC4)nc3c2)cc1)C1CCCO1. The topological polar surface area (TPSA) is 83.5 Å². The van der Waals surface area contributed by atoms with E-state index in [2.05, 4.69) is 49.4 Å². The van der Waals surface area contributed by atoms with Crippen molar-refractivity contribution in [1.82, 2.24) is 15.0 Å². The van der Waals surface area contributed by atoms with Gasteiger partial charge in [0.25, 0.3) is 5.91 Å². The van der Waals surface area contributed by atoms with Crippen LogP contribution in [0, 0.1) is 0 Å². The summed E-state index contributed by atoms with van der Waals surface area (Å²) in [4.78, 5) is 30.7. The molecule has 1 unspecified atom stereocenters. The number of fused-ring (bicyclic) bond motifs is 1. The molecule has 2 aliphatic heterocycles. The lowest BCUT2D eigenvalue weighted by molar-refractivity contribution is -0.124. The number of carbonyl (C=O) groups excluding carboxylic acids is 1. The normalized spacial score (nSPS) is 17.9. The average Bonchev–Trinajstić information content (AvgIpc) is 3.49. The van der Waals surface area contributed by atoms with Gasteiger partial charge in [-0.1, -0.05) is 18.2 Å². The van der Waals surface area contributed by atoms with E-state index in [1.54, 1.807) is 0 Å². The van der Waals surface area contributed by atoms with Crippen LogP contribution in [0.15, 0.2) is 73.2 Å². The molecule has 2 aliphatic rings. The minimum absolute atomic E-state index is 0.0737. The summed E-state index contributed by atoms with van der Waals surface area (Å²) in [5.74, 6) is 0.830. The molecule has 182 valence electrons. The van der Waals surface area contributed by atoms with Crippen molar-refractivity contribution in [1.29, 1.82) is 0 Å². The van der Waals surface area contributed by atoms with E-state index in [0.717, 1.165) is 72.7 Å². The molecule has 2 aromatic carbocycles. The quantitative estimate of drug-likeness (QED) is 0.460. The van der Waals surface area contributed by atoms with Crippen molar-refractivity contribution in [2.45, 2.75) is 18.9 Å². The van der Waals surface area contributed by atoms with Gasteiger partial charge in [0, 0.05) is 56.6 Å². The number of anilines is 3. The summed E-state index contributed by atoms with van der Waals surface area (Å²) in [5.41, 5.74) is 5.85. The van der Waals surface area contributed by atoms with Gasteiger partial charge >= 0.3 is 0 Å². The third-order valence-corrected chi connectivity index (χ3v) is 6.87. The molecular weight excluding hydrogens is 452 g/mol. The fourth-order valence-corrected chi connectivity index (χ4v) is 4.84. The first-order chi connectivity index (χ1) is 17.7. The molecule has 2 fully saturated rings. The van der Waals surface area contributed by atoms with E-state index in [1.165, 1.54) is 5.69 Å². The minimum Gasteiger partial charge on any atom is -0.368 e. The zero-order valence-electron chi connectivity index (χ0n) is 20.0. The van der Waals surface area contributed by atoms with Crippen molar-refractivity contribution in [2.75, 3.05) is 47.9 Å². The Bertz CT molecular complexity index is 1350. The fraction of sp³-hybridized carbons (Fsp3) is 0.286. The van der Waals surface area contributed by atoms with Gasteiger partial charge in [-0.25, -0.2) is 4.98 Å². The summed E-state index contributed by atoms with van der Waals surface area (Å²) < 4.78 is 5.47. The Hall–Kier alpha value is -4.04. The van der Waals surface area contributed by atoms with E-state index in [-0.39, 0.29) is 12.0 Å². The number of nitrogens with zero attached hydrogens (tertiary/aromatic N) is 5. The molecule has 8 nitrogen and oxygen atoms in total. The highest BCUT2D eigenvalue weighted by Crippen LogP contribution is 2.26. The molecule has 2 saturated heterocycles. The predicted octanol–water partition coefficient (Wildman–Crippen LogP) is 4.14. The lowest BCUT2D eigenvalue weighted by Gasteiger charge is -2.36. The third kappa shape index (κ3) is 4.72. The number of carbonyl (C=O) groups is 1. The smallest absolute Gasteiger partial charge is 0.253 e. The molecule has 0 radical (unpaired) electrons. The van der Waals surface area contributed by atoms with Gasteiger partial charge < -0.3 is 19.9 Å². The van der Waals surface area contributed by atoms with Crippen LogP contribution < -0.4 is 15.1 Å². The van der Waals surface area contributed by atoms with Crippen molar-refractivity contribution in [2.24, 2.45) is 0 Å². The first-order valence-corrected chi connectivity index (χ1v) is 12.4. The summed E-state index contributed by atoms with van der Waals surface area (Å²) in [6, 6.07) is 18.1. The van der Waals surface area contributed by atoms with Crippen LogP contribution in [0.25, 0.3) is 22.2 Å². The molecule has 4 aromatic rings. The van der Waals surface area contributed by atoms with Crippen LogP contribution in [0.5, 0.6) is 0 Å². The maximum atomic E-state index is 12.3. The van der Waals surface area contributed by atoms with E-state index in [1.807, 2.05) is 48.9 Å². The number of amides is 1. The first-order valence-electron chi connectivity index (χ1n) is 12.4. The van der Waals surface area contributed by atoms with E-state index >= 15 is 0 Å². The summed E-state index contributed by atoms with van der Waals surface area (Å²) in [7, 11) is 0. The van der Waals surface area contributed by atoms with Crippen molar-refractivity contribution in [3.05, 3.63) is 73.2 Å². The maximum absolute atomic E-state index is 12.3. The Kier molecular flexibility index (Phi) is 6.17. The molecular formula is C28H28N6O2. The van der Waals surface area contributed by atoms with Crippen molar-refractivity contribution >= 4 is 34.1 Å². The van der Waals surface area contributed by atoms with Gasteiger partial charge in [0.15, 0.2) is 0 Å². The molecule has 1 atom stereocenters. The number of hydrogen-bond acceptors (Lipinski definition) is 7. The van der Waals surface area contributed by atoms with Gasteiger partial charge in [-0.2, -0.15) is 0 Å². The molecule has 1 amide bonds. The number of nitrogens with one attached hydrogen (secondary N) is 1. The van der Waals surface area contributed by atoms with E-state index in [0.29, 0.717) is 6.61 Å². The lowest BCUT2D eigenvalue weighted by Crippen LogP contribution is -2.46. The zero-order valence-corrected chi connectivity index (χ0v) is 20.0. The van der Waals surface area contributed by atoms with E-state index in [9.17, 15) is 4.79 Å². The molecule has 8 heteroatoms. The standard InChI is InChI=1S/C28H28N6O2/c35-28(26-2-1-17-36-26)31-22-6-3-20(4-7-22)21-5-8-24-25(18-21)32-27(19-30-24)34-15-13-33(14-16-34)23-9-11-29-12-10-23/h3-12,18-19,26H,1-2,13-17H2,(H,31,35). The molecule has 0 bridgehead atoms. The van der Waals surface area contributed by atoms with E-state index < -0.39 is 0 Å². The Morgan fingerprint density at radius 3 is 2.39 bits per heavy atom. The average molecular weight is 481 g/mol. The molecule has 4 heterocycles. The van der Waals surface area contributed by atoms with Crippen molar-refractivity contribution in [3.8, 4) is 11.1 Å². The number of ether oxygens (including phenoxy) is 1. The molecule has 0 spiro atoms. The van der Waals surface area contributed by atoms with Gasteiger partial charge in [0.1, 0.15) is 11.9 Å². The number of piperazine rings is 1. The molecule has 2 aromatic heterocycles. The molecule has 6 rings (SSSR count). The van der Waals surface area contributed by atoms with Crippen LogP contribution in [0.1, 0.15) is 12.8 Å². The van der Waals surface area contributed by atoms with Gasteiger partial charge in [0.05, 0.1) is 17.2 Å². The maximum Gasteiger partial charge on any atom is 0.253 e. The third-order valence-electron chi connectivity index (χ3n) is 6.87. The van der Waals surface area contributed by atoms with Gasteiger partial charge in [-0.3, -0.25) is 14.8 Å². The summed E-state index contributed by atoms with van der Waals surface area (Å²) >= 11 is 0. The summed E-state index contributed by atoms with van der Waals surface area (Å²) in [5, 5.41) is 2.95. The zero-order chi connectivity index (χ0) is 24.3. The summed E-state index contributed by atoms with van der Waals surface area (Å²) in [6.45, 7) is 4.30. The minimum atomic E-state index is -0.337. The Balaban J connectivity index is 1.15. The van der Waals surface area contributed by atoms with Crippen LogP contribution in [0.2, 0.25) is 0 Å². The Labute approximate surface area is 210 Å². The molecule has 1 N–H and O–H groups in total. The van der Waals surface area contributed by atoms with Crippen LogP contribution in [-0.4, -0.2) is 59.7 Å². The number of pyridine rings is 1. The van der Waals surface area contributed by atoms with Crippen molar-refractivity contribution < 1.29 is 9.53 Å². The van der Waals surface area contributed by atoms with Gasteiger partial charge in [-0.05, 0) is 60.4 Å². The predicted molar refractivity (Wildman–Crippen MR) is 141 cm³/mol. The second kappa shape index (κ2) is 9.91. The van der Waals surface area contributed by atoms with Crippen LogP contribution in [-0.2, 0) is 9.53 Å². The molecule has 0 aliphatic carbocycles. The highest BCUT2D eigenvalue weighted by molar-refractivity contribution is 5.94. The molecule has 0 saturated carbocycles.